The molecule has 0 fully saturated rings. The van der Waals surface area contributed by atoms with E-state index in [9.17, 15) is 0 Å². The molecule has 0 aromatic heterocycles. The highest BCUT2D eigenvalue weighted by molar-refractivity contribution is 4.48. The molecule has 0 aromatic carbocycles. The minimum Gasteiger partial charge on any atom is -0.317 e. The van der Waals surface area contributed by atoms with Gasteiger partial charge >= 0.3 is 0 Å². The van der Waals surface area contributed by atoms with Gasteiger partial charge in [0.2, 0.25) is 0 Å². The lowest BCUT2D eigenvalue weighted by molar-refractivity contribution is 0.164. The van der Waals surface area contributed by atoms with Gasteiger partial charge in [0.1, 0.15) is 0 Å². The summed E-state index contributed by atoms with van der Waals surface area (Å²) in [5.74, 6) is 0. The van der Waals surface area contributed by atoms with Gasteiger partial charge in [0.15, 0.2) is 0 Å². The van der Waals surface area contributed by atoms with Gasteiger partial charge in [0, 0.05) is 6.54 Å². The molecule has 0 heterocycles. The second-order valence-electron chi connectivity index (χ2n) is 4.80. The highest BCUT2D eigenvalue weighted by Gasteiger charge is 1.92. The van der Waals surface area contributed by atoms with E-state index < -0.39 is 0 Å². The molecule has 0 aromatic rings. The molecule has 0 aliphatic carbocycles. The van der Waals surface area contributed by atoms with Crippen LogP contribution in [0.25, 0.3) is 0 Å². The number of rotatable bonds is 13. The fraction of sp³-hybridized carbons (Fsp3) is 1.00. The monoisotopic (exact) mass is 259 g/mol. The van der Waals surface area contributed by atoms with E-state index in [-0.39, 0.29) is 0 Å². The minimum absolute atomic E-state index is 0.747. The molecule has 112 valence electrons. The van der Waals surface area contributed by atoms with Crippen molar-refractivity contribution >= 4 is 0 Å². The Morgan fingerprint density at radius 2 is 0.944 bits per heavy atom. The first kappa shape index (κ1) is 20.2. The van der Waals surface area contributed by atoms with E-state index in [0.717, 1.165) is 13.0 Å². The van der Waals surface area contributed by atoms with Crippen LogP contribution in [0.1, 0.15) is 97.8 Å². The fourth-order valence-corrected chi connectivity index (χ4v) is 2.05. The van der Waals surface area contributed by atoms with Crippen molar-refractivity contribution in [1.82, 2.24) is 5.48 Å². The van der Waals surface area contributed by atoms with Gasteiger partial charge in [-0.2, -0.15) is 0 Å². The van der Waals surface area contributed by atoms with Crippen LogP contribution in [0.4, 0.5) is 0 Å². The van der Waals surface area contributed by atoms with E-state index >= 15 is 0 Å². The van der Waals surface area contributed by atoms with Gasteiger partial charge in [-0.25, -0.2) is 5.48 Å². The Balaban J connectivity index is 0. The molecule has 0 aliphatic heterocycles. The van der Waals surface area contributed by atoms with Crippen LogP contribution < -0.4 is 5.48 Å². The summed E-state index contributed by atoms with van der Waals surface area (Å²) in [7, 11) is 0. The van der Waals surface area contributed by atoms with Gasteiger partial charge in [0.25, 0.3) is 0 Å². The van der Waals surface area contributed by atoms with E-state index in [1.165, 1.54) is 70.6 Å². The van der Waals surface area contributed by atoms with Crippen molar-refractivity contribution in [2.75, 3.05) is 6.54 Å². The zero-order valence-corrected chi connectivity index (χ0v) is 13.1. The number of unbranched alkanes of at least 4 members (excludes halogenated alkanes) is 11. The van der Waals surface area contributed by atoms with Crippen molar-refractivity contribution in [1.29, 1.82) is 0 Å². The third-order valence-corrected chi connectivity index (χ3v) is 3.14. The van der Waals surface area contributed by atoms with Gasteiger partial charge in [0.05, 0.1) is 0 Å². The average molecular weight is 259 g/mol. The maximum atomic E-state index is 8.38. The molecule has 18 heavy (non-hydrogen) atoms. The second kappa shape index (κ2) is 22.1. The average Bonchev–Trinajstić information content (AvgIpc) is 2.42. The van der Waals surface area contributed by atoms with E-state index in [2.05, 4.69) is 12.4 Å². The Morgan fingerprint density at radius 1 is 0.611 bits per heavy atom. The maximum Gasteiger partial charge on any atom is 0.0207 e. The summed E-state index contributed by atoms with van der Waals surface area (Å²) < 4.78 is 0. The van der Waals surface area contributed by atoms with Gasteiger partial charge in [-0.05, 0) is 6.42 Å². The van der Waals surface area contributed by atoms with Crippen molar-refractivity contribution in [3.05, 3.63) is 0 Å². The van der Waals surface area contributed by atoms with Crippen LogP contribution >= 0.6 is 0 Å². The summed E-state index contributed by atoms with van der Waals surface area (Å²) in [6, 6.07) is 0. The Hall–Kier alpha value is -0.0800. The van der Waals surface area contributed by atoms with Crippen molar-refractivity contribution in [3.8, 4) is 0 Å². The number of hydrogen-bond acceptors (Lipinski definition) is 2. The third-order valence-electron chi connectivity index (χ3n) is 3.14. The molecule has 0 bridgehead atoms. The summed E-state index contributed by atoms with van der Waals surface area (Å²) in [5, 5.41) is 8.38. The van der Waals surface area contributed by atoms with Crippen molar-refractivity contribution in [2.24, 2.45) is 0 Å². The van der Waals surface area contributed by atoms with Crippen molar-refractivity contribution < 1.29 is 5.21 Å². The predicted octanol–water partition coefficient (Wildman–Crippen LogP) is 5.69. The van der Waals surface area contributed by atoms with E-state index in [1.54, 1.807) is 0 Å². The zero-order chi connectivity index (χ0) is 13.9. The smallest absolute Gasteiger partial charge is 0.0207 e. The first-order chi connectivity index (χ1) is 8.91. The van der Waals surface area contributed by atoms with Crippen LogP contribution in [0.2, 0.25) is 0 Å². The lowest BCUT2D eigenvalue weighted by atomic mass is 10.1. The minimum atomic E-state index is 0.747. The number of hydroxylamine groups is 1. The highest BCUT2D eigenvalue weighted by Crippen LogP contribution is 2.11. The maximum absolute atomic E-state index is 8.38. The van der Waals surface area contributed by atoms with Crippen molar-refractivity contribution in [3.63, 3.8) is 0 Å². The van der Waals surface area contributed by atoms with Crippen LogP contribution in [0, 0.1) is 0 Å². The molecular formula is C16H37NO. The molecule has 2 N–H and O–H groups in total. The lowest BCUT2D eigenvalue weighted by Crippen LogP contribution is -2.07. The number of hydrogen-bond donors (Lipinski definition) is 2. The quantitative estimate of drug-likeness (QED) is 0.329. The molecule has 0 aliphatic rings. The molecule has 0 unspecified atom stereocenters. The first-order valence-electron chi connectivity index (χ1n) is 8.28. The van der Waals surface area contributed by atoms with Crippen molar-refractivity contribution in [2.45, 2.75) is 97.8 Å². The molecule has 0 saturated carbocycles. The first-order valence-corrected chi connectivity index (χ1v) is 8.28. The summed E-state index contributed by atoms with van der Waals surface area (Å²) in [4.78, 5) is 0. The number of nitrogens with one attached hydrogen (secondary N) is 1. The van der Waals surface area contributed by atoms with E-state index in [0.29, 0.717) is 0 Å². The van der Waals surface area contributed by atoms with Gasteiger partial charge in [-0.15, -0.1) is 0 Å². The molecule has 0 radical (unpaired) electrons. The molecule has 2 nitrogen and oxygen atoms in total. The summed E-state index contributed by atoms with van der Waals surface area (Å²) in [6.45, 7) is 7.02. The SMILES string of the molecule is CC.CCCCCCCCCCCCCCNO. The molecule has 0 rings (SSSR count). The lowest BCUT2D eigenvalue weighted by Gasteiger charge is -2.02. The molecule has 0 atom stereocenters. The normalized spacial score (nSPS) is 10.0. The highest BCUT2D eigenvalue weighted by atomic mass is 16.5. The largest absolute Gasteiger partial charge is 0.317 e. The van der Waals surface area contributed by atoms with Gasteiger partial charge in [-0.3, -0.25) is 0 Å². The van der Waals surface area contributed by atoms with E-state index in [1.807, 2.05) is 13.8 Å². The predicted molar refractivity (Wildman–Crippen MR) is 82.2 cm³/mol. The Labute approximate surface area is 116 Å². The standard InChI is InChI=1S/C14H31NO.C2H6/c1-2-3-4-5-6-7-8-9-10-11-12-13-14-15-16;1-2/h15-16H,2-14H2,1H3;1-2H3. The molecule has 0 spiro atoms. The van der Waals surface area contributed by atoms with Crippen LogP contribution in [0.15, 0.2) is 0 Å². The Morgan fingerprint density at radius 3 is 1.28 bits per heavy atom. The summed E-state index contributed by atoms with van der Waals surface area (Å²) in [5.41, 5.74) is 2.20. The third kappa shape index (κ3) is 21.2. The fourth-order valence-electron chi connectivity index (χ4n) is 2.05. The molecule has 0 amide bonds. The summed E-state index contributed by atoms with van der Waals surface area (Å²) >= 11 is 0. The van der Waals surface area contributed by atoms with Crippen LogP contribution in [0.3, 0.4) is 0 Å². The zero-order valence-electron chi connectivity index (χ0n) is 13.1. The molecule has 2 heteroatoms. The molecule has 0 saturated heterocycles. The summed E-state index contributed by atoms with van der Waals surface area (Å²) in [6.07, 6.45) is 16.4. The van der Waals surface area contributed by atoms with Gasteiger partial charge in [-0.1, -0.05) is 91.4 Å². The van der Waals surface area contributed by atoms with Gasteiger partial charge < -0.3 is 5.21 Å². The molecular weight excluding hydrogens is 222 g/mol. The van der Waals surface area contributed by atoms with Crippen LogP contribution in [0.5, 0.6) is 0 Å². The van der Waals surface area contributed by atoms with E-state index in [4.69, 9.17) is 5.21 Å². The van der Waals surface area contributed by atoms with Crippen LogP contribution in [-0.4, -0.2) is 11.8 Å². The topological polar surface area (TPSA) is 32.3 Å². The van der Waals surface area contributed by atoms with Crippen LogP contribution in [-0.2, 0) is 0 Å². The Bertz CT molecular complexity index is 104. The Kier molecular flexibility index (Phi) is 24.9. The second-order valence-corrected chi connectivity index (χ2v) is 4.80.